The molecule has 1 N–H and O–H groups in total. The first kappa shape index (κ1) is 16.1. The molecular formula is C16H20ClN3O3. The van der Waals surface area contributed by atoms with Gasteiger partial charge in [-0.1, -0.05) is 23.7 Å². The predicted octanol–water partition coefficient (Wildman–Crippen LogP) is 1.83. The Bertz CT molecular complexity index is 597. The van der Waals surface area contributed by atoms with Gasteiger partial charge in [0.25, 0.3) is 0 Å². The van der Waals surface area contributed by atoms with Crippen LogP contribution in [0.4, 0.5) is 4.79 Å². The predicted molar refractivity (Wildman–Crippen MR) is 85.9 cm³/mol. The number of benzene rings is 1. The van der Waals surface area contributed by atoms with Crippen LogP contribution in [0.15, 0.2) is 24.3 Å². The highest BCUT2D eigenvalue weighted by atomic mass is 35.5. The number of amides is 2. The van der Waals surface area contributed by atoms with E-state index in [-0.39, 0.29) is 12.0 Å². The van der Waals surface area contributed by atoms with Crippen molar-refractivity contribution < 1.29 is 14.3 Å². The summed E-state index contributed by atoms with van der Waals surface area (Å²) in [6, 6.07) is 7.66. The molecule has 0 radical (unpaired) electrons. The van der Waals surface area contributed by atoms with Crippen molar-refractivity contribution in [1.29, 1.82) is 0 Å². The zero-order valence-corrected chi connectivity index (χ0v) is 13.8. The maximum Gasteiger partial charge on any atom is 0.409 e. The number of hydrogen-bond donors (Lipinski definition) is 1. The van der Waals surface area contributed by atoms with Crippen LogP contribution in [0.3, 0.4) is 0 Å². The number of halogens is 1. The topological polar surface area (TPSA) is 61.9 Å². The number of nitrogens with one attached hydrogen (secondary N) is 1. The molecule has 0 aliphatic carbocycles. The number of ether oxygens (including phenoxy) is 1. The van der Waals surface area contributed by atoms with Gasteiger partial charge in [-0.15, -0.1) is 0 Å². The molecule has 2 heterocycles. The third-order valence-electron chi connectivity index (χ3n) is 4.77. The molecule has 0 saturated carbocycles. The van der Waals surface area contributed by atoms with E-state index in [1.807, 2.05) is 24.3 Å². The van der Waals surface area contributed by atoms with Crippen molar-refractivity contribution in [3.8, 4) is 0 Å². The van der Waals surface area contributed by atoms with Crippen LogP contribution in [-0.4, -0.2) is 54.2 Å². The number of rotatable bonds is 2. The largest absolute Gasteiger partial charge is 0.453 e. The Hall–Kier alpha value is -1.79. The minimum absolute atomic E-state index is 0.0518. The van der Waals surface area contributed by atoms with Crippen molar-refractivity contribution in [2.24, 2.45) is 0 Å². The van der Waals surface area contributed by atoms with Gasteiger partial charge in [0.05, 0.1) is 13.8 Å². The van der Waals surface area contributed by atoms with Crippen LogP contribution in [0.25, 0.3) is 0 Å². The maximum absolute atomic E-state index is 12.4. The highest BCUT2D eigenvalue weighted by Crippen LogP contribution is 2.33. The smallest absolute Gasteiger partial charge is 0.409 e. The average molecular weight is 338 g/mol. The lowest BCUT2D eigenvalue weighted by molar-refractivity contribution is -0.129. The van der Waals surface area contributed by atoms with E-state index in [4.69, 9.17) is 16.3 Å². The molecule has 2 amide bonds. The Morgan fingerprint density at radius 1 is 1.30 bits per heavy atom. The first-order chi connectivity index (χ1) is 11.0. The molecule has 6 nitrogen and oxygen atoms in total. The average Bonchev–Trinajstić information content (AvgIpc) is 2.86. The van der Waals surface area contributed by atoms with E-state index in [0.29, 0.717) is 44.2 Å². The SMILES string of the molecule is COC(=O)N1CCC2(CC1)C(=O)NCN2Cc1ccc(Cl)cc1. The lowest BCUT2D eigenvalue weighted by atomic mass is 9.86. The monoisotopic (exact) mass is 337 g/mol. The van der Waals surface area contributed by atoms with E-state index in [1.165, 1.54) is 7.11 Å². The van der Waals surface area contributed by atoms with Gasteiger partial charge < -0.3 is 15.0 Å². The number of carbonyl (C=O) groups excluding carboxylic acids is 2. The summed E-state index contributed by atoms with van der Waals surface area (Å²) in [5.74, 6) is 0.0518. The van der Waals surface area contributed by atoms with Crippen molar-refractivity contribution in [2.75, 3.05) is 26.9 Å². The molecule has 23 heavy (non-hydrogen) atoms. The van der Waals surface area contributed by atoms with Gasteiger partial charge >= 0.3 is 6.09 Å². The number of nitrogens with zero attached hydrogens (tertiary/aromatic N) is 2. The van der Waals surface area contributed by atoms with Crippen molar-refractivity contribution in [3.05, 3.63) is 34.9 Å². The Balaban J connectivity index is 1.73. The van der Waals surface area contributed by atoms with E-state index in [9.17, 15) is 9.59 Å². The number of likely N-dealkylation sites (tertiary alicyclic amines) is 1. The van der Waals surface area contributed by atoms with E-state index >= 15 is 0 Å². The fourth-order valence-corrected chi connectivity index (χ4v) is 3.50. The highest BCUT2D eigenvalue weighted by molar-refractivity contribution is 6.30. The van der Waals surface area contributed by atoms with Gasteiger partial charge in [-0.05, 0) is 30.5 Å². The second-order valence-corrected chi connectivity index (χ2v) is 6.41. The van der Waals surface area contributed by atoms with Gasteiger partial charge in [0.15, 0.2) is 0 Å². The Morgan fingerprint density at radius 2 is 1.96 bits per heavy atom. The number of hydrogen-bond acceptors (Lipinski definition) is 4. The summed E-state index contributed by atoms with van der Waals surface area (Å²) in [4.78, 5) is 27.9. The molecule has 2 fully saturated rings. The van der Waals surface area contributed by atoms with Crippen molar-refractivity contribution in [3.63, 3.8) is 0 Å². The van der Waals surface area contributed by atoms with Crippen LogP contribution in [0.1, 0.15) is 18.4 Å². The summed E-state index contributed by atoms with van der Waals surface area (Å²) < 4.78 is 4.76. The molecule has 7 heteroatoms. The fraction of sp³-hybridized carbons (Fsp3) is 0.500. The van der Waals surface area contributed by atoms with Gasteiger partial charge in [0.1, 0.15) is 5.54 Å². The van der Waals surface area contributed by atoms with E-state index < -0.39 is 5.54 Å². The fourth-order valence-electron chi connectivity index (χ4n) is 3.38. The first-order valence-electron chi connectivity index (χ1n) is 7.66. The second kappa shape index (κ2) is 6.37. The lowest BCUT2D eigenvalue weighted by Gasteiger charge is -2.41. The van der Waals surface area contributed by atoms with Crippen LogP contribution in [0, 0.1) is 0 Å². The lowest BCUT2D eigenvalue weighted by Crippen LogP contribution is -2.56. The van der Waals surface area contributed by atoms with Gasteiger partial charge in [-0.3, -0.25) is 9.69 Å². The molecule has 0 atom stereocenters. The molecule has 0 bridgehead atoms. The van der Waals surface area contributed by atoms with Crippen molar-refractivity contribution >= 4 is 23.6 Å². The van der Waals surface area contributed by atoms with Gasteiger partial charge in [-0.2, -0.15) is 0 Å². The molecule has 1 aromatic carbocycles. The third kappa shape index (κ3) is 3.01. The zero-order chi connectivity index (χ0) is 16.4. The normalized spacial score (nSPS) is 20.6. The number of carbonyl (C=O) groups is 2. The second-order valence-electron chi connectivity index (χ2n) is 5.98. The van der Waals surface area contributed by atoms with Crippen LogP contribution in [0.2, 0.25) is 5.02 Å². The van der Waals surface area contributed by atoms with Gasteiger partial charge in [-0.25, -0.2) is 4.79 Å². The van der Waals surface area contributed by atoms with Crippen LogP contribution in [-0.2, 0) is 16.1 Å². The summed E-state index contributed by atoms with van der Waals surface area (Å²) in [5, 5.41) is 3.65. The Kier molecular flexibility index (Phi) is 4.46. The molecule has 2 aliphatic rings. The molecule has 0 aromatic heterocycles. The molecular weight excluding hydrogens is 318 g/mol. The maximum atomic E-state index is 12.4. The molecule has 2 saturated heterocycles. The summed E-state index contributed by atoms with van der Waals surface area (Å²) in [5.41, 5.74) is 0.574. The summed E-state index contributed by atoms with van der Waals surface area (Å²) in [6.07, 6.45) is 0.894. The van der Waals surface area contributed by atoms with E-state index in [1.54, 1.807) is 4.90 Å². The Morgan fingerprint density at radius 3 is 2.57 bits per heavy atom. The van der Waals surface area contributed by atoms with E-state index in [0.717, 1.165) is 5.56 Å². The van der Waals surface area contributed by atoms with Crippen LogP contribution >= 0.6 is 11.6 Å². The highest BCUT2D eigenvalue weighted by Gasteiger charge is 2.50. The number of methoxy groups -OCH3 is 1. The summed E-state index contributed by atoms with van der Waals surface area (Å²) in [6.45, 7) is 2.25. The Labute approximate surface area is 140 Å². The molecule has 1 spiro atoms. The quantitative estimate of drug-likeness (QED) is 0.894. The van der Waals surface area contributed by atoms with Crippen molar-refractivity contribution in [1.82, 2.24) is 15.1 Å². The van der Waals surface area contributed by atoms with Gasteiger partial charge in [0.2, 0.25) is 5.91 Å². The standard InChI is InChI=1S/C16H20ClN3O3/c1-23-15(22)19-8-6-16(7-9-19)14(21)18-11-20(16)10-12-2-4-13(17)5-3-12/h2-5H,6-11H2,1H3,(H,18,21). The molecule has 0 unspecified atom stereocenters. The molecule has 3 rings (SSSR count). The van der Waals surface area contributed by atoms with Crippen LogP contribution in [0.5, 0.6) is 0 Å². The third-order valence-corrected chi connectivity index (χ3v) is 5.02. The minimum atomic E-state index is -0.538. The van der Waals surface area contributed by atoms with Gasteiger partial charge in [0, 0.05) is 24.7 Å². The zero-order valence-electron chi connectivity index (χ0n) is 13.0. The summed E-state index contributed by atoms with van der Waals surface area (Å²) >= 11 is 5.92. The van der Waals surface area contributed by atoms with E-state index in [2.05, 4.69) is 10.2 Å². The molecule has 124 valence electrons. The summed E-state index contributed by atoms with van der Waals surface area (Å²) in [7, 11) is 1.38. The molecule has 1 aromatic rings. The number of piperidine rings is 1. The van der Waals surface area contributed by atoms with Crippen LogP contribution < -0.4 is 5.32 Å². The minimum Gasteiger partial charge on any atom is -0.453 e. The first-order valence-corrected chi connectivity index (χ1v) is 8.04. The molecule has 2 aliphatic heterocycles. The van der Waals surface area contributed by atoms with Crippen molar-refractivity contribution in [2.45, 2.75) is 24.9 Å².